The summed E-state index contributed by atoms with van der Waals surface area (Å²) >= 11 is 3.58. The number of nitrogens with zero attached hydrogens (tertiary/aromatic N) is 1. The third kappa shape index (κ3) is 4.46. The summed E-state index contributed by atoms with van der Waals surface area (Å²) in [4.78, 5) is 2.63. The monoisotopic (exact) mass is 352 g/mol. The molecule has 0 bridgehead atoms. The minimum absolute atomic E-state index is 0.531. The second kappa shape index (κ2) is 7.64. The van der Waals surface area contributed by atoms with Gasteiger partial charge in [-0.3, -0.25) is 0 Å². The molecule has 1 N–H and O–H groups in total. The van der Waals surface area contributed by atoms with E-state index in [1.54, 1.807) is 0 Å². The molecule has 2 unspecified atom stereocenters. The third-order valence-corrected chi connectivity index (χ3v) is 5.12. The molecule has 21 heavy (non-hydrogen) atoms. The number of piperidine rings is 1. The summed E-state index contributed by atoms with van der Waals surface area (Å²) in [6, 6.07) is 4.93. The Balaban J connectivity index is 2.02. The number of nitrogens with one attached hydrogen (secondary N) is 1. The highest BCUT2D eigenvalue weighted by Gasteiger charge is 2.24. The van der Waals surface area contributed by atoms with E-state index in [0.29, 0.717) is 6.04 Å². The molecule has 1 fully saturated rings. The lowest BCUT2D eigenvalue weighted by molar-refractivity contribution is 0.165. The van der Waals surface area contributed by atoms with Crippen molar-refractivity contribution in [2.45, 2.75) is 53.0 Å². The zero-order valence-electron chi connectivity index (χ0n) is 13.9. The fourth-order valence-corrected chi connectivity index (χ4v) is 4.19. The average Bonchev–Trinajstić information content (AvgIpc) is 2.43. The highest BCUT2D eigenvalue weighted by atomic mass is 79.9. The van der Waals surface area contributed by atoms with Crippen LogP contribution >= 0.6 is 15.9 Å². The number of hydrogen-bond acceptors (Lipinski definition) is 2. The molecule has 1 aliphatic heterocycles. The molecule has 0 aromatic heterocycles. The van der Waals surface area contributed by atoms with Crippen molar-refractivity contribution >= 4 is 21.6 Å². The van der Waals surface area contributed by atoms with Crippen LogP contribution in [0.4, 0.5) is 5.69 Å². The van der Waals surface area contributed by atoms with Gasteiger partial charge in [0.05, 0.1) is 0 Å². The molecule has 2 atom stereocenters. The SMILES string of the molecule is CCCN1CCCC(C(C)Nc2c(C)cc(Br)cc2C)C1. The fraction of sp³-hybridized carbons (Fsp3) is 0.667. The average molecular weight is 353 g/mol. The van der Waals surface area contributed by atoms with E-state index in [-0.39, 0.29) is 0 Å². The first-order chi connectivity index (χ1) is 10.0. The first-order valence-electron chi connectivity index (χ1n) is 8.27. The largest absolute Gasteiger partial charge is 0.382 e. The van der Waals surface area contributed by atoms with Gasteiger partial charge in [-0.05, 0) is 82.3 Å². The maximum atomic E-state index is 3.79. The van der Waals surface area contributed by atoms with Gasteiger partial charge in [0.1, 0.15) is 0 Å². The molecule has 1 aromatic rings. The van der Waals surface area contributed by atoms with E-state index < -0.39 is 0 Å². The summed E-state index contributed by atoms with van der Waals surface area (Å²) < 4.78 is 1.17. The zero-order valence-corrected chi connectivity index (χ0v) is 15.5. The molecule has 0 radical (unpaired) electrons. The number of aryl methyl sites for hydroxylation is 2. The van der Waals surface area contributed by atoms with Gasteiger partial charge in [0.2, 0.25) is 0 Å². The molecule has 2 rings (SSSR count). The van der Waals surface area contributed by atoms with E-state index in [4.69, 9.17) is 0 Å². The molecule has 0 aliphatic carbocycles. The Morgan fingerprint density at radius 3 is 2.62 bits per heavy atom. The van der Waals surface area contributed by atoms with Crippen LogP contribution in [0.3, 0.4) is 0 Å². The number of hydrogen-bond donors (Lipinski definition) is 1. The predicted octanol–water partition coefficient (Wildman–Crippen LogP) is 4.99. The molecule has 1 aliphatic rings. The second-order valence-corrected chi connectivity index (χ2v) is 7.47. The number of likely N-dealkylation sites (tertiary alicyclic amines) is 1. The molecule has 2 nitrogen and oxygen atoms in total. The summed E-state index contributed by atoms with van der Waals surface area (Å²) in [5.74, 6) is 0.757. The molecule has 1 aromatic carbocycles. The van der Waals surface area contributed by atoms with Crippen molar-refractivity contribution in [3.8, 4) is 0 Å². The smallest absolute Gasteiger partial charge is 0.0402 e. The molecule has 1 heterocycles. The molecule has 0 spiro atoms. The molecule has 0 saturated carbocycles. The number of anilines is 1. The van der Waals surface area contributed by atoms with Gasteiger partial charge >= 0.3 is 0 Å². The van der Waals surface area contributed by atoms with Gasteiger partial charge in [-0.15, -0.1) is 0 Å². The minimum atomic E-state index is 0.531. The van der Waals surface area contributed by atoms with Crippen molar-refractivity contribution in [2.24, 2.45) is 5.92 Å². The fourth-order valence-electron chi connectivity index (χ4n) is 3.50. The first kappa shape index (κ1) is 16.8. The van der Waals surface area contributed by atoms with Crippen LogP contribution in [-0.2, 0) is 0 Å². The molecule has 1 saturated heterocycles. The van der Waals surface area contributed by atoms with Crippen LogP contribution in [-0.4, -0.2) is 30.6 Å². The third-order valence-electron chi connectivity index (χ3n) is 4.66. The summed E-state index contributed by atoms with van der Waals surface area (Å²) in [7, 11) is 0. The van der Waals surface area contributed by atoms with Crippen LogP contribution in [0.25, 0.3) is 0 Å². The molecule has 3 heteroatoms. The topological polar surface area (TPSA) is 15.3 Å². The van der Waals surface area contributed by atoms with Gasteiger partial charge in [-0.2, -0.15) is 0 Å². The lowest BCUT2D eigenvalue weighted by Crippen LogP contribution is -2.42. The number of rotatable bonds is 5. The van der Waals surface area contributed by atoms with E-state index in [2.05, 4.69) is 66.0 Å². The van der Waals surface area contributed by atoms with Crippen LogP contribution < -0.4 is 5.32 Å². The molecular formula is C18H29BrN2. The molecule has 118 valence electrons. The highest BCUT2D eigenvalue weighted by molar-refractivity contribution is 9.10. The van der Waals surface area contributed by atoms with Gasteiger partial charge in [-0.1, -0.05) is 22.9 Å². The summed E-state index contributed by atoms with van der Waals surface area (Å²) in [5, 5.41) is 3.79. The van der Waals surface area contributed by atoms with Crippen LogP contribution in [0.2, 0.25) is 0 Å². The minimum Gasteiger partial charge on any atom is -0.382 e. The molecular weight excluding hydrogens is 324 g/mol. The van der Waals surface area contributed by atoms with Gasteiger partial charge in [0, 0.05) is 22.7 Å². The standard InChI is InChI=1S/C18H29BrN2/c1-5-8-21-9-6-7-16(12-21)15(4)20-18-13(2)10-17(19)11-14(18)3/h10-11,15-16,20H,5-9,12H2,1-4H3. The number of benzene rings is 1. The van der Waals surface area contributed by atoms with Crippen molar-refractivity contribution in [1.82, 2.24) is 4.90 Å². The Bertz CT molecular complexity index is 447. The Kier molecular flexibility index (Phi) is 6.12. The van der Waals surface area contributed by atoms with E-state index >= 15 is 0 Å². The van der Waals surface area contributed by atoms with Crippen molar-refractivity contribution in [2.75, 3.05) is 25.0 Å². The van der Waals surface area contributed by atoms with Crippen molar-refractivity contribution in [3.05, 3.63) is 27.7 Å². The lowest BCUT2D eigenvalue weighted by atomic mass is 9.91. The summed E-state index contributed by atoms with van der Waals surface area (Å²) in [6.45, 7) is 12.8. The quantitative estimate of drug-likeness (QED) is 0.802. The van der Waals surface area contributed by atoms with Crippen LogP contribution in [0.5, 0.6) is 0 Å². The van der Waals surface area contributed by atoms with Gasteiger partial charge in [-0.25, -0.2) is 0 Å². The predicted molar refractivity (Wildman–Crippen MR) is 96.2 cm³/mol. The summed E-state index contributed by atoms with van der Waals surface area (Å²) in [5.41, 5.74) is 3.98. The normalized spacial score (nSPS) is 21.3. The number of halogens is 1. The van der Waals surface area contributed by atoms with Crippen LogP contribution in [0.1, 0.15) is 44.2 Å². The van der Waals surface area contributed by atoms with Crippen molar-refractivity contribution in [1.29, 1.82) is 0 Å². The molecule has 0 amide bonds. The Morgan fingerprint density at radius 1 is 1.33 bits per heavy atom. The second-order valence-electron chi connectivity index (χ2n) is 6.55. The first-order valence-corrected chi connectivity index (χ1v) is 9.06. The Morgan fingerprint density at radius 2 is 2.00 bits per heavy atom. The Hall–Kier alpha value is -0.540. The van der Waals surface area contributed by atoms with Gasteiger partial charge in [0.15, 0.2) is 0 Å². The highest BCUT2D eigenvalue weighted by Crippen LogP contribution is 2.28. The van der Waals surface area contributed by atoms with Gasteiger partial charge in [0.25, 0.3) is 0 Å². The maximum Gasteiger partial charge on any atom is 0.0402 e. The Labute approximate surface area is 138 Å². The maximum absolute atomic E-state index is 3.79. The van der Waals surface area contributed by atoms with E-state index in [1.165, 1.54) is 60.2 Å². The van der Waals surface area contributed by atoms with E-state index in [0.717, 1.165) is 5.92 Å². The zero-order chi connectivity index (χ0) is 15.4. The van der Waals surface area contributed by atoms with E-state index in [9.17, 15) is 0 Å². The lowest BCUT2D eigenvalue weighted by Gasteiger charge is -2.36. The van der Waals surface area contributed by atoms with Crippen molar-refractivity contribution < 1.29 is 0 Å². The van der Waals surface area contributed by atoms with E-state index in [1.807, 2.05) is 0 Å². The van der Waals surface area contributed by atoms with Crippen molar-refractivity contribution in [3.63, 3.8) is 0 Å². The van der Waals surface area contributed by atoms with Crippen LogP contribution in [0.15, 0.2) is 16.6 Å². The van der Waals surface area contributed by atoms with Gasteiger partial charge < -0.3 is 10.2 Å². The van der Waals surface area contributed by atoms with Crippen LogP contribution in [0, 0.1) is 19.8 Å². The summed E-state index contributed by atoms with van der Waals surface area (Å²) in [6.07, 6.45) is 3.96.